The van der Waals surface area contributed by atoms with Crippen LogP contribution in [0.2, 0.25) is 0 Å². The topological polar surface area (TPSA) is 110 Å². The van der Waals surface area contributed by atoms with E-state index in [4.69, 9.17) is 4.74 Å². The number of aliphatic hydroxyl groups is 3. The maximum Gasteiger partial charge on any atom is 0.334 e. The lowest BCUT2D eigenvalue weighted by atomic mass is 9.85. The van der Waals surface area contributed by atoms with Gasteiger partial charge in [0, 0.05) is 0 Å². The molecule has 0 saturated heterocycles. The Morgan fingerprint density at radius 3 is 2.24 bits per heavy atom. The third-order valence-corrected chi connectivity index (χ3v) is 3.52. The summed E-state index contributed by atoms with van der Waals surface area (Å²) in [7, 11) is 0. The van der Waals surface area contributed by atoms with E-state index in [1.165, 1.54) is 12.1 Å². The van der Waals surface area contributed by atoms with Gasteiger partial charge < -0.3 is 25.2 Å². The van der Waals surface area contributed by atoms with E-state index in [1.54, 1.807) is 26.0 Å². The molecular weight excluding hydrogens is 278 g/mol. The van der Waals surface area contributed by atoms with Crippen LogP contribution in [0.5, 0.6) is 11.5 Å². The first-order valence-electron chi connectivity index (χ1n) is 6.52. The van der Waals surface area contributed by atoms with E-state index in [9.17, 15) is 25.2 Å². The minimum absolute atomic E-state index is 0.0585. The van der Waals surface area contributed by atoms with Crippen molar-refractivity contribution in [2.45, 2.75) is 19.4 Å². The Morgan fingerprint density at radius 2 is 1.81 bits per heavy atom. The second-order valence-electron chi connectivity index (χ2n) is 4.92. The molecule has 0 aliphatic rings. The molecule has 1 unspecified atom stereocenters. The maximum absolute atomic E-state index is 12.5. The summed E-state index contributed by atoms with van der Waals surface area (Å²) in [6.45, 7) is 1.38. The first kappa shape index (κ1) is 17.4. The molecule has 0 amide bonds. The number of phenolic OH excluding ortho intramolecular Hbond substituents is 1. The molecule has 4 N–H and O–H groups in total. The quantitative estimate of drug-likeness (QED) is 0.316. The van der Waals surface area contributed by atoms with Crippen LogP contribution in [0.1, 0.15) is 13.8 Å². The number of para-hydroxylation sites is 2. The molecule has 0 heterocycles. The zero-order valence-corrected chi connectivity index (χ0v) is 12.1. The number of phenols is 1. The van der Waals surface area contributed by atoms with Gasteiger partial charge in [-0.1, -0.05) is 26.0 Å². The number of benzene rings is 1. The van der Waals surface area contributed by atoms with Gasteiger partial charge in [-0.15, -0.1) is 0 Å². The maximum atomic E-state index is 12.5. The molecule has 0 fully saturated rings. The first-order chi connectivity index (χ1) is 9.93. The molecule has 0 radical (unpaired) electrons. The van der Waals surface area contributed by atoms with Crippen molar-refractivity contribution >= 4 is 5.97 Å². The van der Waals surface area contributed by atoms with Crippen LogP contribution >= 0.6 is 0 Å². The smallest absolute Gasteiger partial charge is 0.334 e. The molecule has 0 aliphatic heterocycles. The van der Waals surface area contributed by atoms with Gasteiger partial charge in [0.1, 0.15) is 5.54 Å². The number of hydrogen-bond acceptors (Lipinski definition) is 7. The fourth-order valence-electron chi connectivity index (χ4n) is 2.11. The predicted molar refractivity (Wildman–Crippen MR) is 74.4 cm³/mol. The Kier molecular flexibility index (Phi) is 6.10. The lowest BCUT2D eigenvalue weighted by Crippen LogP contribution is -2.62. The van der Waals surface area contributed by atoms with Gasteiger partial charge in [-0.2, -0.15) is 0 Å². The third-order valence-electron chi connectivity index (χ3n) is 3.52. The molecule has 1 atom stereocenters. The van der Waals surface area contributed by atoms with Gasteiger partial charge in [-0.3, -0.25) is 0 Å². The molecule has 7 nitrogen and oxygen atoms in total. The minimum atomic E-state index is -1.62. The van der Waals surface area contributed by atoms with Gasteiger partial charge in [-0.05, 0) is 18.1 Å². The number of nitrogens with zero attached hydrogens (tertiary/aromatic N) is 1. The van der Waals surface area contributed by atoms with Gasteiger partial charge in [-0.25, -0.2) is 9.69 Å². The Morgan fingerprint density at radius 1 is 1.24 bits per heavy atom. The van der Waals surface area contributed by atoms with Gasteiger partial charge >= 0.3 is 5.97 Å². The van der Waals surface area contributed by atoms with E-state index >= 15 is 0 Å². The summed E-state index contributed by atoms with van der Waals surface area (Å²) in [4.78, 5) is 13.5. The van der Waals surface area contributed by atoms with E-state index in [0.717, 1.165) is 4.90 Å². The highest BCUT2D eigenvalue weighted by molar-refractivity contribution is 5.84. The van der Waals surface area contributed by atoms with E-state index in [-0.39, 0.29) is 11.5 Å². The van der Waals surface area contributed by atoms with Crippen LogP contribution in [0.3, 0.4) is 0 Å². The third kappa shape index (κ3) is 3.33. The Bertz CT molecular complexity index is 474. The fraction of sp³-hybridized carbons (Fsp3) is 0.500. The predicted octanol–water partition coefficient (Wildman–Crippen LogP) is -0.114. The van der Waals surface area contributed by atoms with Crippen LogP contribution < -0.4 is 4.74 Å². The van der Waals surface area contributed by atoms with Gasteiger partial charge in [0.2, 0.25) is 0 Å². The summed E-state index contributed by atoms with van der Waals surface area (Å²) in [5, 5.41) is 37.9. The van der Waals surface area contributed by atoms with Gasteiger partial charge in [0.25, 0.3) is 0 Å². The van der Waals surface area contributed by atoms with Crippen molar-refractivity contribution in [2.24, 2.45) is 5.92 Å². The van der Waals surface area contributed by atoms with E-state index < -0.39 is 37.5 Å². The van der Waals surface area contributed by atoms with Crippen molar-refractivity contribution in [2.75, 3.05) is 20.1 Å². The SMILES string of the molecule is CC(C)C(CO)(C(=O)Oc1ccccc1O)N(CO)CO. The molecular formula is C14H21NO6. The molecule has 21 heavy (non-hydrogen) atoms. The first-order valence-corrected chi connectivity index (χ1v) is 6.52. The largest absolute Gasteiger partial charge is 0.504 e. The number of aliphatic hydroxyl groups excluding tert-OH is 3. The van der Waals surface area contributed by atoms with Crippen molar-refractivity contribution in [1.29, 1.82) is 0 Å². The fourth-order valence-corrected chi connectivity index (χ4v) is 2.11. The average molecular weight is 299 g/mol. The van der Waals surface area contributed by atoms with Crippen molar-refractivity contribution in [1.82, 2.24) is 4.90 Å². The number of rotatable bonds is 7. The van der Waals surface area contributed by atoms with Crippen LogP contribution in [0.15, 0.2) is 24.3 Å². The summed E-state index contributed by atoms with van der Waals surface area (Å²) in [6.07, 6.45) is 0. The van der Waals surface area contributed by atoms with Crippen molar-refractivity contribution < 1.29 is 30.0 Å². The van der Waals surface area contributed by atoms with Crippen LogP contribution in [0, 0.1) is 5.92 Å². The van der Waals surface area contributed by atoms with Crippen molar-refractivity contribution in [3.8, 4) is 11.5 Å². The molecule has 118 valence electrons. The summed E-state index contributed by atoms with van der Waals surface area (Å²) >= 11 is 0. The molecule has 0 aliphatic carbocycles. The Balaban J connectivity index is 3.15. The summed E-state index contributed by atoms with van der Waals surface area (Å²) < 4.78 is 5.13. The summed E-state index contributed by atoms with van der Waals surface area (Å²) in [6, 6.07) is 5.91. The summed E-state index contributed by atoms with van der Waals surface area (Å²) in [5.74, 6) is -1.61. The van der Waals surface area contributed by atoms with Gasteiger partial charge in [0.15, 0.2) is 11.5 Å². The molecule has 0 saturated carbocycles. The van der Waals surface area contributed by atoms with Crippen molar-refractivity contribution in [3.63, 3.8) is 0 Å². The van der Waals surface area contributed by atoms with E-state index in [0.29, 0.717) is 0 Å². The lowest BCUT2D eigenvalue weighted by molar-refractivity contribution is -0.167. The number of aromatic hydroxyl groups is 1. The van der Waals surface area contributed by atoms with E-state index in [2.05, 4.69) is 0 Å². The Hall–Kier alpha value is -1.67. The standard InChI is InChI=1S/C14H21NO6/c1-10(2)14(7-16,15(8-17)9-18)13(20)21-12-6-4-3-5-11(12)19/h3-6,10,16-19H,7-9H2,1-2H3. The van der Waals surface area contributed by atoms with Crippen LogP contribution in [0.4, 0.5) is 0 Å². The summed E-state index contributed by atoms with van der Waals surface area (Å²) in [5.41, 5.74) is -1.62. The molecule has 0 bridgehead atoms. The molecule has 0 aromatic heterocycles. The molecule has 1 aromatic rings. The number of ether oxygens (including phenoxy) is 1. The average Bonchev–Trinajstić information content (AvgIpc) is 2.46. The van der Waals surface area contributed by atoms with Crippen LogP contribution in [-0.4, -0.2) is 56.9 Å². The number of hydrogen-bond donors (Lipinski definition) is 4. The number of carbonyl (C=O) groups excluding carboxylic acids is 1. The number of esters is 1. The monoisotopic (exact) mass is 299 g/mol. The van der Waals surface area contributed by atoms with Crippen LogP contribution in [0.25, 0.3) is 0 Å². The molecule has 1 aromatic carbocycles. The molecule has 7 heteroatoms. The van der Waals surface area contributed by atoms with E-state index in [1.807, 2.05) is 0 Å². The second kappa shape index (κ2) is 7.37. The molecule has 1 rings (SSSR count). The number of carbonyl (C=O) groups is 1. The zero-order chi connectivity index (χ0) is 16.0. The van der Waals surface area contributed by atoms with Gasteiger partial charge in [0.05, 0.1) is 20.1 Å². The van der Waals surface area contributed by atoms with Crippen LogP contribution in [-0.2, 0) is 4.79 Å². The lowest BCUT2D eigenvalue weighted by Gasteiger charge is -2.41. The Labute approximate surface area is 123 Å². The van der Waals surface area contributed by atoms with Crippen molar-refractivity contribution in [3.05, 3.63) is 24.3 Å². The zero-order valence-electron chi connectivity index (χ0n) is 12.1. The minimum Gasteiger partial charge on any atom is -0.504 e. The highest BCUT2D eigenvalue weighted by Gasteiger charge is 2.48. The molecule has 0 spiro atoms. The normalized spacial score (nSPS) is 14.2. The highest BCUT2D eigenvalue weighted by atomic mass is 16.5. The highest BCUT2D eigenvalue weighted by Crippen LogP contribution is 2.30. The second-order valence-corrected chi connectivity index (χ2v) is 4.92.